The number of hydrogen-bond donors (Lipinski definition) is 3. The predicted octanol–water partition coefficient (Wildman–Crippen LogP) is 2.11. The highest BCUT2D eigenvalue weighted by molar-refractivity contribution is 5.92. The van der Waals surface area contributed by atoms with E-state index in [4.69, 9.17) is 0 Å². The van der Waals surface area contributed by atoms with Gasteiger partial charge in [-0.3, -0.25) is 10.1 Å². The van der Waals surface area contributed by atoms with Crippen LogP contribution in [-0.4, -0.2) is 38.3 Å². The number of anilines is 2. The van der Waals surface area contributed by atoms with E-state index in [0.717, 1.165) is 29.8 Å². The number of aliphatic hydroxyl groups excluding tert-OH is 1. The topological polar surface area (TPSA) is 64.6 Å². The van der Waals surface area contributed by atoms with Crippen LogP contribution in [0.1, 0.15) is 17.5 Å². The molecule has 2 aromatic rings. The van der Waals surface area contributed by atoms with Crippen molar-refractivity contribution in [3.8, 4) is 0 Å². The molecule has 0 saturated heterocycles. The Hall–Kier alpha value is -2.37. The van der Waals surface area contributed by atoms with E-state index in [0.29, 0.717) is 0 Å². The van der Waals surface area contributed by atoms with Crippen molar-refractivity contribution in [2.45, 2.75) is 18.4 Å². The van der Waals surface area contributed by atoms with Crippen LogP contribution in [-0.2, 0) is 16.8 Å². The van der Waals surface area contributed by atoms with Crippen molar-refractivity contribution in [2.24, 2.45) is 0 Å². The van der Waals surface area contributed by atoms with Crippen LogP contribution in [0.5, 0.6) is 0 Å². The van der Waals surface area contributed by atoms with Gasteiger partial charge in [-0.1, -0.05) is 24.3 Å². The van der Waals surface area contributed by atoms with Crippen LogP contribution in [0, 0.1) is 0 Å². The summed E-state index contributed by atoms with van der Waals surface area (Å²) in [6, 6.07) is 15.8. The lowest BCUT2D eigenvalue weighted by molar-refractivity contribution is -0.115. The number of hydrogen-bond acceptors (Lipinski definition) is 4. The van der Waals surface area contributed by atoms with Crippen molar-refractivity contribution < 1.29 is 9.90 Å². The summed E-state index contributed by atoms with van der Waals surface area (Å²) in [4.78, 5) is 14.3. The van der Waals surface area contributed by atoms with Crippen molar-refractivity contribution in [1.29, 1.82) is 0 Å². The maximum Gasteiger partial charge on any atom is 0.238 e. The molecule has 25 heavy (non-hydrogen) atoms. The van der Waals surface area contributed by atoms with Crippen LogP contribution < -0.4 is 15.5 Å². The summed E-state index contributed by atoms with van der Waals surface area (Å²) in [5.74, 6) is -0.116. The molecule has 0 aliphatic heterocycles. The van der Waals surface area contributed by atoms with Gasteiger partial charge in [0.25, 0.3) is 0 Å². The third-order valence-electron chi connectivity index (χ3n) is 4.88. The molecular formula is C20H25N3O2. The van der Waals surface area contributed by atoms with Gasteiger partial charge in [-0.2, -0.15) is 0 Å². The third kappa shape index (κ3) is 3.67. The first-order chi connectivity index (χ1) is 12.0. The second-order valence-electron chi connectivity index (χ2n) is 6.74. The molecular weight excluding hydrogens is 314 g/mol. The summed E-state index contributed by atoms with van der Waals surface area (Å²) in [5, 5.41) is 16.1. The van der Waals surface area contributed by atoms with Crippen LogP contribution in [0.2, 0.25) is 0 Å². The number of benzene rings is 2. The van der Waals surface area contributed by atoms with Crippen LogP contribution in [0.4, 0.5) is 11.4 Å². The normalized spacial score (nSPS) is 18.7. The summed E-state index contributed by atoms with van der Waals surface area (Å²) in [6.45, 7) is 0.138. The van der Waals surface area contributed by atoms with E-state index in [2.05, 4.69) is 16.7 Å². The zero-order chi connectivity index (χ0) is 17.9. The van der Waals surface area contributed by atoms with Gasteiger partial charge in [-0.25, -0.2) is 0 Å². The molecule has 0 aromatic heterocycles. The van der Waals surface area contributed by atoms with Crippen LogP contribution in [0.15, 0.2) is 48.5 Å². The first-order valence-corrected chi connectivity index (χ1v) is 8.55. The minimum absolute atomic E-state index is 0.0190. The Labute approximate surface area is 148 Å². The van der Waals surface area contributed by atoms with Crippen LogP contribution in [0.3, 0.4) is 0 Å². The summed E-state index contributed by atoms with van der Waals surface area (Å²) in [7, 11) is 3.95. The number of carbonyl (C=O) groups excluding carboxylic acids is 1. The molecule has 3 rings (SSSR count). The molecule has 0 bridgehead atoms. The molecule has 2 aromatic carbocycles. The number of nitrogens with zero attached hydrogens (tertiary/aromatic N) is 1. The SMILES string of the molecule is CN(C)c1ccc(NC(=O)CNC2(CO)CCc3ccccc32)cc1. The minimum Gasteiger partial charge on any atom is -0.394 e. The second-order valence-corrected chi connectivity index (χ2v) is 6.74. The Balaban J connectivity index is 1.62. The summed E-state index contributed by atoms with van der Waals surface area (Å²) in [5.41, 5.74) is 3.66. The van der Waals surface area contributed by atoms with E-state index in [9.17, 15) is 9.90 Å². The van der Waals surface area contributed by atoms with Gasteiger partial charge in [0.1, 0.15) is 0 Å². The quantitative estimate of drug-likeness (QED) is 0.754. The lowest BCUT2D eigenvalue weighted by Gasteiger charge is -2.29. The smallest absolute Gasteiger partial charge is 0.238 e. The number of rotatable bonds is 6. The van der Waals surface area contributed by atoms with E-state index in [1.54, 1.807) is 0 Å². The van der Waals surface area contributed by atoms with Gasteiger partial charge in [-0.15, -0.1) is 0 Å². The van der Waals surface area contributed by atoms with Crippen LogP contribution in [0.25, 0.3) is 0 Å². The Morgan fingerprint density at radius 2 is 1.88 bits per heavy atom. The number of aryl methyl sites for hydroxylation is 1. The van der Waals surface area contributed by atoms with E-state index < -0.39 is 5.54 Å². The number of carbonyl (C=O) groups is 1. The van der Waals surface area contributed by atoms with Crippen molar-refractivity contribution in [2.75, 3.05) is 37.5 Å². The van der Waals surface area contributed by atoms with E-state index in [1.165, 1.54) is 5.56 Å². The average molecular weight is 339 g/mol. The summed E-state index contributed by atoms with van der Waals surface area (Å²) >= 11 is 0. The Kier molecular flexibility index (Phi) is 5.06. The van der Waals surface area contributed by atoms with Gasteiger partial charge in [0.2, 0.25) is 5.91 Å². The standard InChI is InChI=1S/C20H25N3O2/c1-23(2)17-9-7-16(8-10-17)22-19(25)13-21-20(14-24)12-11-15-5-3-4-6-18(15)20/h3-10,21,24H,11-14H2,1-2H3,(H,22,25). The molecule has 5 nitrogen and oxygen atoms in total. The lowest BCUT2D eigenvalue weighted by Crippen LogP contribution is -2.47. The molecule has 1 atom stereocenters. The fraction of sp³-hybridized carbons (Fsp3) is 0.350. The number of amides is 1. The molecule has 0 spiro atoms. The Morgan fingerprint density at radius 1 is 1.16 bits per heavy atom. The number of aliphatic hydroxyl groups is 1. The third-order valence-corrected chi connectivity index (χ3v) is 4.88. The number of nitrogens with one attached hydrogen (secondary N) is 2. The fourth-order valence-corrected chi connectivity index (χ4v) is 3.39. The Bertz CT molecular complexity index is 743. The van der Waals surface area contributed by atoms with E-state index >= 15 is 0 Å². The molecule has 0 heterocycles. The first kappa shape index (κ1) is 17.5. The monoisotopic (exact) mass is 339 g/mol. The molecule has 0 radical (unpaired) electrons. The largest absolute Gasteiger partial charge is 0.394 e. The summed E-state index contributed by atoms with van der Waals surface area (Å²) in [6.07, 6.45) is 1.71. The van der Waals surface area contributed by atoms with Crippen molar-refractivity contribution >= 4 is 17.3 Å². The van der Waals surface area contributed by atoms with Gasteiger partial charge < -0.3 is 15.3 Å². The highest BCUT2D eigenvalue weighted by Gasteiger charge is 2.37. The van der Waals surface area contributed by atoms with Crippen LogP contribution >= 0.6 is 0 Å². The van der Waals surface area contributed by atoms with Crippen molar-refractivity contribution in [1.82, 2.24) is 5.32 Å². The zero-order valence-electron chi connectivity index (χ0n) is 14.7. The van der Waals surface area contributed by atoms with Gasteiger partial charge >= 0.3 is 0 Å². The molecule has 3 N–H and O–H groups in total. The summed E-state index contributed by atoms with van der Waals surface area (Å²) < 4.78 is 0. The number of fused-ring (bicyclic) bond motifs is 1. The van der Waals surface area contributed by atoms with E-state index in [-0.39, 0.29) is 19.1 Å². The first-order valence-electron chi connectivity index (χ1n) is 8.55. The maximum atomic E-state index is 12.3. The fourth-order valence-electron chi connectivity index (χ4n) is 3.39. The highest BCUT2D eigenvalue weighted by atomic mass is 16.3. The van der Waals surface area contributed by atoms with Gasteiger partial charge in [0.05, 0.1) is 18.7 Å². The van der Waals surface area contributed by atoms with Gasteiger partial charge in [0.15, 0.2) is 0 Å². The minimum atomic E-state index is -0.525. The zero-order valence-corrected chi connectivity index (χ0v) is 14.7. The van der Waals surface area contributed by atoms with Gasteiger partial charge in [-0.05, 0) is 48.2 Å². The van der Waals surface area contributed by atoms with Crippen molar-refractivity contribution in [3.63, 3.8) is 0 Å². The molecule has 132 valence electrons. The Morgan fingerprint density at radius 3 is 2.56 bits per heavy atom. The molecule has 0 saturated carbocycles. The molecule has 0 fully saturated rings. The average Bonchev–Trinajstić information content (AvgIpc) is 3.00. The molecule has 1 aliphatic rings. The second kappa shape index (κ2) is 7.25. The van der Waals surface area contributed by atoms with E-state index in [1.807, 2.05) is 61.5 Å². The molecule has 1 unspecified atom stereocenters. The van der Waals surface area contributed by atoms with Gasteiger partial charge in [0, 0.05) is 25.5 Å². The molecule has 1 aliphatic carbocycles. The maximum absolute atomic E-state index is 12.3. The molecule has 1 amide bonds. The predicted molar refractivity (Wildman–Crippen MR) is 101 cm³/mol. The molecule has 5 heteroatoms. The highest BCUT2D eigenvalue weighted by Crippen LogP contribution is 2.36. The van der Waals surface area contributed by atoms with Crippen molar-refractivity contribution in [3.05, 3.63) is 59.7 Å². The lowest BCUT2D eigenvalue weighted by atomic mass is 9.92.